The van der Waals surface area contributed by atoms with Gasteiger partial charge in [-0.3, -0.25) is 0 Å². The van der Waals surface area contributed by atoms with Gasteiger partial charge in [-0.25, -0.2) is 0 Å². The van der Waals surface area contributed by atoms with E-state index < -0.39 is 0 Å². The fraction of sp³-hybridized carbons (Fsp3) is 0. The normalized spacial score (nSPS) is 12.0. The number of fused-ring (bicyclic) bond motifs is 10. The zero-order chi connectivity index (χ0) is 29.5. The van der Waals surface area contributed by atoms with Gasteiger partial charge in [0, 0.05) is 49.4 Å². The highest BCUT2D eigenvalue weighted by Gasteiger charge is 2.21. The van der Waals surface area contributed by atoms with Crippen LogP contribution >= 0.6 is 0 Å². The molecule has 210 valence electrons. The second-order valence-corrected chi connectivity index (χ2v) is 11.8. The van der Waals surface area contributed by atoms with Crippen molar-refractivity contribution in [2.45, 2.75) is 0 Å². The first-order chi connectivity index (χ1) is 22.4. The van der Waals surface area contributed by atoms with Gasteiger partial charge in [0.05, 0.1) is 33.1 Å². The second kappa shape index (κ2) is 9.22. The first kappa shape index (κ1) is 24.4. The predicted molar refractivity (Wildman–Crippen MR) is 189 cm³/mol. The van der Waals surface area contributed by atoms with Crippen LogP contribution in [0.1, 0.15) is 0 Å². The van der Waals surface area contributed by atoms with Crippen molar-refractivity contribution in [3.05, 3.63) is 164 Å². The molecule has 3 aromatic heterocycles. The second-order valence-electron chi connectivity index (χ2n) is 11.8. The first-order valence-electron chi connectivity index (χ1n) is 15.5. The maximum absolute atomic E-state index is 2.45. The summed E-state index contributed by atoms with van der Waals surface area (Å²) in [6.07, 6.45) is 0. The monoisotopic (exact) mass is 573 g/mol. The van der Waals surface area contributed by atoms with Crippen molar-refractivity contribution in [1.82, 2.24) is 13.7 Å². The molecular formula is C42H27N3. The van der Waals surface area contributed by atoms with Crippen molar-refractivity contribution in [3.63, 3.8) is 0 Å². The highest BCUT2D eigenvalue weighted by molar-refractivity contribution is 6.26. The molecule has 3 nitrogen and oxygen atoms in total. The van der Waals surface area contributed by atoms with Crippen molar-refractivity contribution < 1.29 is 0 Å². The molecule has 0 radical (unpaired) electrons. The van der Waals surface area contributed by atoms with E-state index in [1.807, 2.05) is 0 Å². The van der Waals surface area contributed by atoms with Crippen molar-refractivity contribution in [2.24, 2.45) is 0 Å². The largest absolute Gasteiger partial charge is 0.309 e. The fourth-order valence-electron chi connectivity index (χ4n) is 7.59. The van der Waals surface area contributed by atoms with Crippen LogP contribution in [0.4, 0.5) is 0 Å². The molecule has 0 spiro atoms. The molecule has 0 N–H and O–H groups in total. The summed E-state index contributed by atoms with van der Waals surface area (Å²) in [5, 5.41) is 7.57. The van der Waals surface area contributed by atoms with Gasteiger partial charge in [0.2, 0.25) is 0 Å². The van der Waals surface area contributed by atoms with E-state index in [1.165, 1.54) is 76.8 Å². The molecule has 3 heteroatoms. The Hall–Kier alpha value is -6.06. The number of hydrogen-bond acceptors (Lipinski definition) is 0. The number of benzene rings is 7. The number of aromatic nitrogens is 3. The zero-order valence-electron chi connectivity index (χ0n) is 24.4. The summed E-state index contributed by atoms with van der Waals surface area (Å²) in [4.78, 5) is 0. The van der Waals surface area contributed by atoms with Crippen LogP contribution in [0.3, 0.4) is 0 Å². The predicted octanol–water partition coefficient (Wildman–Crippen LogP) is 11.0. The van der Waals surface area contributed by atoms with Crippen molar-refractivity contribution in [1.29, 1.82) is 0 Å². The van der Waals surface area contributed by atoms with Gasteiger partial charge in [0.1, 0.15) is 0 Å². The average molecular weight is 574 g/mol. The highest BCUT2D eigenvalue weighted by atomic mass is 15.0. The van der Waals surface area contributed by atoms with Crippen LogP contribution in [-0.4, -0.2) is 13.7 Å². The molecule has 0 fully saturated rings. The Morgan fingerprint density at radius 1 is 0.267 bits per heavy atom. The van der Waals surface area contributed by atoms with Crippen LogP contribution in [0, 0.1) is 0 Å². The van der Waals surface area contributed by atoms with Gasteiger partial charge in [0.15, 0.2) is 0 Å². The van der Waals surface area contributed by atoms with Gasteiger partial charge in [-0.15, -0.1) is 0 Å². The molecule has 0 aliphatic rings. The standard InChI is InChI=1S/C42H27N3/c1-3-13-28(14-4-1)43-36-20-10-8-18-32(36)35-27-30(23-25-39(35)43)44-38-22-12-9-19-34(38)41-40(44)26-24-33-31-17-7-11-21-37(31)45(42(33)41)29-15-5-2-6-16-29/h1-27H. The van der Waals surface area contributed by atoms with E-state index >= 15 is 0 Å². The highest BCUT2D eigenvalue weighted by Crippen LogP contribution is 2.42. The van der Waals surface area contributed by atoms with Gasteiger partial charge < -0.3 is 13.7 Å². The lowest BCUT2D eigenvalue weighted by molar-refractivity contribution is 1.16. The SMILES string of the molecule is c1ccc(-n2c3ccccc3c3cc(-n4c5ccccc5c5c4ccc4c6ccccc6n(-c6ccccc6)c45)ccc32)cc1. The topological polar surface area (TPSA) is 14.8 Å². The maximum Gasteiger partial charge on any atom is 0.0641 e. The minimum Gasteiger partial charge on any atom is -0.309 e. The van der Waals surface area contributed by atoms with E-state index in [0.29, 0.717) is 0 Å². The molecule has 0 amide bonds. The molecule has 45 heavy (non-hydrogen) atoms. The van der Waals surface area contributed by atoms with E-state index in [4.69, 9.17) is 0 Å². The van der Waals surface area contributed by atoms with Crippen molar-refractivity contribution >= 4 is 65.4 Å². The third kappa shape index (κ3) is 3.35. The Labute approximate surface area is 259 Å². The van der Waals surface area contributed by atoms with Gasteiger partial charge in [0.25, 0.3) is 0 Å². The van der Waals surface area contributed by atoms with Crippen LogP contribution in [0.15, 0.2) is 164 Å². The van der Waals surface area contributed by atoms with E-state index in [2.05, 4.69) is 177 Å². The van der Waals surface area contributed by atoms with E-state index in [0.717, 1.165) is 5.69 Å². The molecule has 0 atom stereocenters. The van der Waals surface area contributed by atoms with E-state index in [9.17, 15) is 0 Å². The maximum atomic E-state index is 2.45. The molecule has 3 heterocycles. The lowest BCUT2D eigenvalue weighted by atomic mass is 10.1. The molecule has 0 saturated carbocycles. The summed E-state index contributed by atoms with van der Waals surface area (Å²) in [5.74, 6) is 0. The molecule has 10 rings (SSSR count). The summed E-state index contributed by atoms with van der Waals surface area (Å²) >= 11 is 0. The zero-order valence-corrected chi connectivity index (χ0v) is 24.4. The molecule has 0 aliphatic heterocycles. The molecule has 0 unspecified atom stereocenters. The van der Waals surface area contributed by atoms with E-state index in [1.54, 1.807) is 0 Å². The Kier molecular flexibility index (Phi) is 5.00. The molecule has 0 aliphatic carbocycles. The lowest BCUT2D eigenvalue weighted by Gasteiger charge is -2.11. The molecule has 0 bridgehead atoms. The molecule has 10 aromatic rings. The lowest BCUT2D eigenvalue weighted by Crippen LogP contribution is -1.96. The average Bonchev–Trinajstić information content (AvgIpc) is 3.74. The molecule has 0 saturated heterocycles. The summed E-state index contributed by atoms with van der Waals surface area (Å²) < 4.78 is 7.27. The molecule has 7 aromatic carbocycles. The summed E-state index contributed by atoms with van der Waals surface area (Å²) in [6, 6.07) is 59.4. The number of nitrogens with zero attached hydrogens (tertiary/aromatic N) is 3. The fourth-order valence-corrected chi connectivity index (χ4v) is 7.59. The van der Waals surface area contributed by atoms with Crippen LogP contribution in [-0.2, 0) is 0 Å². The van der Waals surface area contributed by atoms with Gasteiger partial charge in [-0.1, -0.05) is 97.1 Å². The van der Waals surface area contributed by atoms with Gasteiger partial charge in [-0.05, 0) is 66.7 Å². The van der Waals surface area contributed by atoms with Gasteiger partial charge in [-0.2, -0.15) is 0 Å². The summed E-state index contributed by atoms with van der Waals surface area (Å²) in [6.45, 7) is 0. The number of para-hydroxylation sites is 5. The third-order valence-corrected chi connectivity index (χ3v) is 9.41. The number of rotatable bonds is 3. The third-order valence-electron chi connectivity index (χ3n) is 9.41. The van der Waals surface area contributed by atoms with Crippen LogP contribution in [0.5, 0.6) is 0 Å². The smallest absolute Gasteiger partial charge is 0.0641 e. The molecular weight excluding hydrogens is 546 g/mol. The van der Waals surface area contributed by atoms with Crippen LogP contribution in [0.2, 0.25) is 0 Å². The minimum atomic E-state index is 1.16. The van der Waals surface area contributed by atoms with Crippen LogP contribution < -0.4 is 0 Å². The van der Waals surface area contributed by atoms with Crippen molar-refractivity contribution in [3.8, 4) is 17.1 Å². The first-order valence-corrected chi connectivity index (χ1v) is 15.5. The Morgan fingerprint density at radius 3 is 1.42 bits per heavy atom. The van der Waals surface area contributed by atoms with Gasteiger partial charge >= 0.3 is 0 Å². The Balaban J connectivity index is 1.34. The Bertz CT molecular complexity index is 2740. The Morgan fingerprint density at radius 2 is 0.733 bits per heavy atom. The van der Waals surface area contributed by atoms with Crippen LogP contribution in [0.25, 0.3) is 82.5 Å². The number of hydrogen-bond donors (Lipinski definition) is 0. The summed E-state index contributed by atoms with van der Waals surface area (Å²) in [5.41, 5.74) is 10.8. The van der Waals surface area contributed by atoms with E-state index in [-0.39, 0.29) is 0 Å². The quantitative estimate of drug-likeness (QED) is 0.200. The summed E-state index contributed by atoms with van der Waals surface area (Å²) in [7, 11) is 0. The minimum absolute atomic E-state index is 1.16. The van der Waals surface area contributed by atoms with Crippen molar-refractivity contribution in [2.75, 3.05) is 0 Å².